The van der Waals surface area contributed by atoms with Gasteiger partial charge in [0.2, 0.25) is 0 Å². The summed E-state index contributed by atoms with van der Waals surface area (Å²) in [5, 5.41) is 2.73. The summed E-state index contributed by atoms with van der Waals surface area (Å²) in [4.78, 5) is 42.1. The van der Waals surface area contributed by atoms with E-state index in [4.69, 9.17) is 9.47 Å². The minimum Gasteiger partial charge on any atom is -0.494 e. The lowest BCUT2D eigenvalue weighted by atomic mass is 10.0. The van der Waals surface area contributed by atoms with Gasteiger partial charge in [-0.15, -0.1) is 0 Å². The molecule has 1 atom stereocenters. The van der Waals surface area contributed by atoms with Gasteiger partial charge in [0, 0.05) is 17.8 Å². The van der Waals surface area contributed by atoms with Crippen LogP contribution >= 0.6 is 0 Å². The number of benzene rings is 1. The van der Waals surface area contributed by atoms with Crippen molar-refractivity contribution in [1.29, 1.82) is 0 Å². The normalized spacial score (nSPS) is 11.9. The molecule has 3 aromatic rings. The minimum atomic E-state index is -0.850. The number of rotatable bonds is 8. The molecular weight excluding hydrogens is 410 g/mol. The molecule has 0 saturated carbocycles. The molecule has 0 aliphatic carbocycles. The fraction of sp³-hybridized carbons (Fsp3) is 0.333. The van der Waals surface area contributed by atoms with Crippen molar-refractivity contribution in [1.82, 2.24) is 14.7 Å². The highest BCUT2D eigenvalue weighted by Gasteiger charge is 2.26. The number of aromatic nitrogens is 2. The van der Waals surface area contributed by atoms with Gasteiger partial charge in [0.1, 0.15) is 24.0 Å². The maximum atomic E-state index is 12.7. The van der Waals surface area contributed by atoms with E-state index in [1.807, 2.05) is 33.8 Å². The van der Waals surface area contributed by atoms with Crippen molar-refractivity contribution in [3.05, 3.63) is 75.8 Å². The van der Waals surface area contributed by atoms with E-state index in [0.717, 1.165) is 5.56 Å². The summed E-state index contributed by atoms with van der Waals surface area (Å²) in [5.74, 6) is -0.517. The van der Waals surface area contributed by atoms with Gasteiger partial charge in [0.25, 0.3) is 11.5 Å². The molecule has 3 rings (SSSR count). The number of nitrogens with one attached hydrogen (secondary N) is 1. The molecule has 0 bridgehead atoms. The molecule has 2 heterocycles. The van der Waals surface area contributed by atoms with Crippen molar-refractivity contribution in [2.24, 2.45) is 5.92 Å². The topological polar surface area (TPSA) is 99.0 Å². The molecule has 1 aromatic carbocycles. The number of nitrogens with zero attached hydrogens (tertiary/aromatic N) is 2. The van der Waals surface area contributed by atoms with E-state index in [0.29, 0.717) is 29.3 Å². The van der Waals surface area contributed by atoms with Crippen LogP contribution in [0.5, 0.6) is 5.75 Å². The van der Waals surface area contributed by atoms with Gasteiger partial charge in [-0.25, -0.2) is 9.78 Å². The first-order valence-electron chi connectivity index (χ1n) is 10.5. The molecule has 0 aliphatic heterocycles. The van der Waals surface area contributed by atoms with Crippen molar-refractivity contribution in [2.45, 2.75) is 40.3 Å². The van der Waals surface area contributed by atoms with Crippen LogP contribution in [0.15, 0.2) is 53.5 Å². The van der Waals surface area contributed by atoms with Crippen molar-refractivity contribution < 1.29 is 19.1 Å². The molecule has 0 radical (unpaired) electrons. The first kappa shape index (κ1) is 23.0. The number of carbonyl (C=O) groups is 2. The van der Waals surface area contributed by atoms with Gasteiger partial charge in [-0.3, -0.25) is 14.0 Å². The van der Waals surface area contributed by atoms with E-state index in [1.165, 1.54) is 10.5 Å². The van der Waals surface area contributed by atoms with Gasteiger partial charge >= 0.3 is 5.97 Å². The van der Waals surface area contributed by atoms with Gasteiger partial charge < -0.3 is 14.8 Å². The van der Waals surface area contributed by atoms with Gasteiger partial charge in [0.05, 0.1) is 12.3 Å². The molecular formula is C24H27N3O5. The molecule has 2 aromatic heterocycles. The molecule has 168 valence electrons. The standard InChI is InChI=1S/C24H27N3O5/c1-5-31-19-10-8-17(9-11-19)23(29)26-21(15(2)3)24(30)32-14-18-13-20(28)27-12-6-7-16(4)22(27)25-18/h6-13,15,21H,5,14H2,1-4H3,(H,26,29). The maximum Gasteiger partial charge on any atom is 0.329 e. The van der Waals surface area contributed by atoms with Crippen LogP contribution in [0.1, 0.15) is 42.4 Å². The average Bonchev–Trinajstić information content (AvgIpc) is 2.77. The number of ether oxygens (including phenoxy) is 2. The van der Waals surface area contributed by atoms with Crippen molar-refractivity contribution in [3.63, 3.8) is 0 Å². The number of fused-ring (bicyclic) bond motifs is 1. The zero-order valence-electron chi connectivity index (χ0n) is 18.6. The lowest BCUT2D eigenvalue weighted by Gasteiger charge is -2.21. The second-order valence-corrected chi connectivity index (χ2v) is 7.73. The monoisotopic (exact) mass is 437 g/mol. The predicted molar refractivity (Wildman–Crippen MR) is 120 cm³/mol. The summed E-state index contributed by atoms with van der Waals surface area (Å²) >= 11 is 0. The van der Waals surface area contributed by atoms with E-state index in [1.54, 1.807) is 36.5 Å². The Morgan fingerprint density at radius 3 is 2.53 bits per heavy atom. The van der Waals surface area contributed by atoms with Crippen LogP contribution in [0.25, 0.3) is 5.65 Å². The Kier molecular flexibility index (Phi) is 7.25. The third-order valence-corrected chi connectivity index (χ3v) is 4.94. The van der Waals surface area contributed by atoms with Gasteiger partial charge in [0.15, 0.2) is 0 Å². The largest absolute Gasteiger partial charge is 0.494 e. The number of hydrogen-bond acceptors (Lipinski definition) is 6. The summed E-state index contributed by atoms with van der Waals surface area (Å²) in [5.41, 5.74) is 1.84. The maximum absolute atomic E-state index is 12.7. The molecule has 32 heavy (non-hydrogen) atoms. The Balaban J connectivity index is 1.69. The smallest absolute Gasteiger partial charge is 0.329 e. The predicted octanol–water partition coefficient (Wildman–Crippen LogP) is 2.90. The molecule has 1 N–H and O–H groups in total. The summed E-state index contributed by atoms with van der Waals surface area (Å²) in [6.07, 6.45) is 1.64. The second kappa shape index (κ2) is 10.1. The van der Waals surface area contributed by atoms with Crippen LogP contribution < -0.4 is 15.6 Å². The third-order valence-electron chi connectivity index (χ3n) is 4.94. The van der Waals surface area contributed by atoms with Crippen LogP contribution in [0.4, 0.5) is 0 Å². The van der Waals surface area contributed by atoms with Gasteiger partial charge in [-0.2, -0.15) is 0 Å². The van der Waals surface area contributed by atoms with Crippen molar-refractivity contribution in [3.8, 4) is 5.75 Å². The number of hydrogen-bond donors (Lipinski definition) is 1. The van der Waals surface area contributed by atoms with E-state index in [-0.39, 0.29) is 24.0 Å². The molecule has 0 aliphatic rings. The van der Waals surface area contributed by atoms with Gasteiger partial charge in [-0.05, 0) is 55.7 Å². The molecule has 0 saturated heterocycles. The molecule has 0 fully saturated rings. The summed E-state index contributed by atoms with van der Waals surface area (Å²) in [6, 6.07) is 10.8. The summed E-state index contributed by atoms with van der Waals surface area (Å²) in [6.45, 7) is 7.72. The lowest BCUT2D eigenvalue weighted by Crippen LogP contribution is -2.45. The fourth-order valence-corrected chi connectivity index (χ4v) is 3.21. The summed E-state index contributed by atoms with van der Waals surface area (Å²) < 4.78 is 12.2. The van der Waals surface area contributed by atoms with Crippen LogP contribution in [0, 0.1) is 12.8 Å². The highest BCUT2D eigenvalue weighted by atomic mass is 16.5. The number of carbonyl (C=O) groups excluding carboxylic acids is 2. The Bertz CT molecular complexity index is 1170. The molecule has 1 unspecified atom stereocenters. The molecule has 1 amide bonds. The highest BCUT2D eigenvalue weighted by molar-refractivity contribution is 5.96. The number of esters is 1. The quantitative estimate of drug-likeness (QED) is 0.544. The Hall–Kier alpha value is -3.68. The average molecular weight is 437 g/mol. The van der Waals surface area contributed by atoms with E-state index in [9.17, 15) is 14.4 Å². The molecule has 8 nitrogen and oxygen atoms in total. The van der Waals surface area contributed by atoms with Crippen LogP contribution in [0.2, 0.25) is 0 Å². The van der Waals surface area contributed by atoms with Crippen molar-refractivity contribution in [2.75, 3.05) is 6.61 Å². The van der Waals surface area contributed by atoms with E-state index in [2.05, 4.69) is 10.3 Å². The number of aryl methyl sites for hydroxylation is 1. The van der Waals surface area contributed by atoms with E-state index < -0.39 is 12.0 Å². The fourth-order valence-electron chi connectivity index (χ4n) is 3.21. The lowest BCUT2D eigenvalue weighted by molar-refractivity contribution is -0.148. The van der Waals surface area contributed by atoms with E-state index >= 15 is 0 Å². The zero-order valence-corrected chi connectivity index (χ0v) is 18.6. The second-order valence-electron chi connectivity index (χ2n) is 7.73. The van der Waals surface area contributed by atoms with Crippen molar-refractivity contribution >= 4 is 17.5 Å². The Morgan fingerprint density at radius 1 is 1.16 bits per heavy atom. The number of pyridine rings is 1. The highest BCUT2D eigenvalue weighted by Crippen LogP contribution is 2.14. The first-order chi connectivity index (χ1) is 15.3. The third kappa shape index (κ3) is 5.32. The molecule has 8 heteroatoms. The zero-order chi connectivity index (χ0) is 23.3. The molecule has 0 spiro atoms. The van der Waals surface area contributed by atoms with Crippen LogP contribution in [-0.4, -0.2) is 33.9 Å². The van der Waals surface area contributed by atoms with Crippen LogP contribution in [0.3, 0.4) is 0 Å². The van der Waals surface area contributed by atoms with Crippen LogP contribution in [-0.2, 0) is 16.1 Å². The minimum absolute atomic E-state index is 0.166. The van der Waals surface area contributed by atoms with Gasteiger partial charge in [-0.1, -0.05) is 19.9 Å². The Morgan fingerprint density at radius 2 is 1.88 bits per heavy atom. The SMILES string of the molecule is CCOc1ccc(C(=O)NC(C(=O)OCc2cc(=O)n3cccc(C)c3n2)C(C)C)cc1. The number of amides is 1. The Labute approximate surface area is 186 Å². The summed E-state index contributed by atoms with van der Waals surface area (Å²) in [7, 11) is 0. The first-order valence-corrected chi connectivity index (χ1v) is 10.5.